The Morgan fingerprint density at radius 2 is 1.93 bits per heavy atom. The summed E-state index contributed by atoms with van der Waals surface area (Å²) in [6, 6.07) is 5.80. The Bertz CT molecular complexity index is 887. The molecule has 1 atom stereocenters. The molecule has 0 aliphatic heterocycles. The van der Waals surface area contributed by atoms with Crippen molar-refractivity contribution in [1.82, 2.24) is 0 Å². The fraction of sp³-hybridized carbons (Fsp3) is 0.455. The van der Waals surface area contributed by atoms with E-state index in [1.165, 1.54) is 28.9 Å². The molecule has 1 N–H and O–H groups in total. The zero-order valence-electron chi connectivity index (χ0n) is 16.9. The van der Waals surface area contributed by atoms with Crippen LogP contribution in [0.5, 0.6) is 5.75 Å². The Hall–Kier alpha value is -2.34. The highest BCUT2D eigenvalue weighted by Crippen LogP contribution is 2.38. The van der Waals surface area contributed by atoms with Gasteiger partial charge in [0.15, 0.2) is 6.10 Å². The first-order chi connectivity index (χ1) is 13.4. The van der Waals surface area contributed by atoms with E-state index in [1.54, 1.807) is 0 Å². The third kappa shape index (κ3) is 4.22. The summed E-state index contributed by atoms with van der Waals surface area (Å²) in [5.74, 6) is 0.0334. The van der Waals surface area contributed by atoms with Crippen LogP contribution in [-0.4, -0.2) is 25.1 Å². The van der Waals surface area contributed by atoms with Gasteiger partial charge in [0.1, 0.15) is 10.8 Å². The quantitative estimate of drug-likeness (QED) is 0.705. The summed E-state index contributed by atoms with van der Waals surface area (Å²) in [6.07, 6.45) is 3.84. The largest absolute Gasteiger partial charge is 0.481 e. The Morgan fingerprint density at radius 1 is 1.18 bits per heavy atom. The second kappa shape index (κ2) is 8.78. The molecule has 0 radical (unpaired) electrons. The van der Waals surface area contributed by atoms with E-state index >= 15 is 0 Å². The van der Waals surface area contributed by atoms with E-state index in [-0.39, 0.29) is 5.91 Å². The Kier molecular flexibility index (Phi) is 6.39. The molecule has 1 aromatic carbocycles. The topological polar surface area (TPSA) is 64.6 Å². The maximum absolute atomic E-state index is 12.9. The lowest BCUT2D eigenvalue weighted by molar-refractivity contribution is -0.122. The van der Waals surface area contributed by atoms with Crippen LogP contribution in [0, 0.1) is 13.8 Å². The number of carbonyl (C=O) groups excluding carboxylic acids is 2. The second-order valence-corrected chi connectivity index (χ2v) is 8.26. The predicted molar refractivity (Wildman–Crippen MR) is 112 cm³/mol. The maximum Gasteiger partial charge on any atom is 0.341 e. The molecule has 0 fully saturated rings. The average Bonchev–Trinajstić information content (AvgIpc) is 3.05. The highest BCUT2D eigenvalue weighted by Gasteiger charge is 2.28. The van der Waals surface area contributed by atoms with Crippen molar-refractivity contribution in [2.24, 2.45) is 0 Å². The van der Waals surface area contributed by atoms with Crippen molar-refractivity contribution >= 4 is 28.2 Å². The van der Waals surface area contributed by atoms with E-state index in [1.807, 2.05) is 39.0 Å². The first-order valence-corrected chi connectivity index (χ1v) is 10.5. The zero-order chi connectivity index (χ0) is 20.3. The minimum absolute atomic E-state index is 0.246. The molecule has 1 amide bonds. The van der Waals surface area contributed by atoms with Gasteiger partial charge in [-0.25, -0.2) is 4.79 Å². The number of nitrogens with one attached hydrogen (secondary N) is 1. The maximum atomic E-state index is 12.9. The summed E-state index contributed by atoms with van der Waals surface area (Å²) in [7, 11) is 1.37. The number of carbonyl (C=O) groups is 2. The van der Waals surface area contributed by atoms with Gasteiger partial charge in [-0.1, -0.05) is 13.0 Å². The number of fused-ring (bicyclic) bond motifs is 1. The van der Waals surface area contributed by atoms with E-state index < -0.39 is 12.1 Å². The number of benzene rings is 1. The molecule has 1 aliphatic rings. The molecule has 0 unspecified atom stereocenters. The minimum Gasteiger partial charge on any atom is -0.481 e. The molecule has 3 rings (SSSR count). The number of aryl methyl sites for hydroxylation is 3. The van der Waals surface area contributed by atoms with Crippen LogP contribution in [0.1, 0.15) is 58.1 Å². The number of thiophene rings is 1. The van der Waals surface area contributed by atoms with Crippen molar-refractivity contribution in [2.75, 3.05) is 12.4 Å². The Morgan fingerprint density at radius 3 is 2.61 bits per heavy atom. The third-order valence-electron chi connectivity index (χ3n) is 5.22. The number of hydrogen-bond acceptors (Lipinski definition) is 5. The van der Waals surface area contributed by atoms with Crippen LogP contribution in [0.15, 0.2) is 18.2 Å². The summed E-state index contributed by atoms with van der Waals surface area (Å²) in [6.45, 7) is 5.96. The number of ether oxygens (including phenoxy) is 2. The third-order valence-corrected chi connectivity index (χ3v) is 6.42. The van der Waals surface area contributed by atoms with Gasteiger partial charge in [0.05, 0.1) is 12.7 Å². The van der Waals surface area contributed by atoms with E-state index in [0.29, 0.717) is 22.7 Å². The van der Waals surface area contributed by atoms with Crippen molar-refractivity contribution in [3.63, 3.8) is 0 Å². The summed E-state index contributed by atoms with van der Waals surface area (Å²) >= 11 is 1.48. The van der Waals surface area contributed by atoms with E-state index in [9.17, 15) is 9.59 Å². The van der Waals surface area contributed by atoms with E-state index in [2.05, 4.69) is 5.32 Å². The lowest BCUT2D eigenvalue weighted by atomic mass is 9.95. The fourth-order valence-corrected chi connectivity index (χ4v) is 4.72. The molecule has 1 heterocycles. The molecule has 0 spiro atoms. The molecule has 1 aromatic heterocycles. The molecule has 2 aromatic rings. The normalized spacial score (nSPS) is 14.1. The van der Waals surface area contributed by atoms with Gasteiger partial charge < -0.3 is 14.8 Å². The van der Waals surface area contributed by atoms with Crippen LogP contribution in [0.3, 0.4) is 0 Å². The summed E-state index contributed by atoms with van der Waals surface area (Å²) < 4.78 is 10.9. The lowest BCUT2D eigenvalue weighted by Crippen LogP contribution is -2.32. The van der Waals surface area contributed by atoms with Crippen LogP contribution in [0.4, 0.5) is 5.00 Å². The van der Waals surface area contributed by atoms with Crippen molar-refractivity contribution < 1.29 is 19.1 Å². The van der Waals surface area contributed by atoms with E-state index in [4.69, 9.17) is 9.47 Å². The molecule has 0 saturated carbocycles. The smallest absolute Gasteiger partial charge is 0.341 e. The summed E-state index contributed by atoms with van der Waals surface area (Å²) in [5, 5.41) is 3.51. The fourth-order valence-electron chi connectivity index (χ4n) is 3.44. The standard InChI is InChI=1S/C22H27NO4S/c1-5-17(27-15-11-10-13(2)14(3)12-15)20(24)23-21-19(22(25)26-4)16-8-6-7-9-18(16)28-21/h10-12,17H,5-9H2,1-4H3,(H,23,24)/t17-/m0/s1. The van der Waals surface area contributed by atoms with Gasteiger partial charge in [-0.3, -0.25) is 4.79 Å². The van der Waals surface area contributed by atoms with Gasteiger partial charge in [-0.15, -0.1) is 11.3 Å². The summed E-state index contributed by atoms with van der Waals surface area (Å²) in [5.41, 5.74) is 3.83. The number of esters is 1. The highest BCUT2D eigenvalue weighted by atomic mass is 32.1. The SMILES string of the molecule is CC[C@H](Oc1ccc(C)c(C)c1)C(=O)Nc1sc2c(c1C(=O)OC)CCCC2. The van der Waals surface area contributed by atoms with Crippen molar-refractivity contribution in [3.8, 4) is 5.75 Å². The molecular weight excluding hydrogens is 374 g/mol. The molecule has 28 heavy (non-hydrogen) atoms. The lowest BCUT2D eigenvalue weighted by Gasteiger charge is -2.18. The monoisotopic (exact) mass is 401 g/mol. The Balaban J connectivity index is 1.81. The van der Waals surface area contributed by atoms with Crippen LogP contribution in [0.25, 0.3) is 0 Å². The molecule has 6 heteroatoms. The van der Waals surface area contributed by atoms with Gasteiger partial charge >= 0.3 is 5.97 Å². The van der Waals surface area contributed by atoms with Gasteiger partial charge in [0.25, 0.3) is 5.91 Å². The zero-order valence-corrected chi connectivity index (χ0v) is 17.7. The number of hydrogen-bond donors (Lipinski definition) is 1. The average molecular weight is 402 g/mol. The number of anilines is 1. The van der Waals surface area contributed by atoms with Crippen molar-refractivity contribution in [1.29, 1.82) is 0 Å². The van der Waals surface area contributed by atoms with Crippen molar-refractivity contribution in [3.05, 3.63) is 45.3 Å². The van der Waals surface area contributed by atoms with Crippen LogP contribution in [0.2, 0.25) is 0 Å². The molecule has 5 nitrogen and oxygen atoms in total. The van der Waals surface area contributed by atoms with Gasteiger partial charge in [0, 0.05) is 4.88 Å². The predicted octanol–water partition coefficient (Wildman–Crippen LogP) is 4.83. The molecule has 150 valence electrons. The minimum atomic E-state index is -0.633. The molecular formula is C22H27NO4S. The van der Waals surface area contributed by atoms with Crippen LogP contribution >= 0.6 is 11.3 Å². The number of rotatable bonds is 6. The molecule has 0 bridgehead atoms. The number of amides is 1. The second-order valence-electron chi connectivity index (χ2n) is 7.16. The van der Waals surface area contributed by atoms with Gasteiger partial charge in [-0.05, 0) is 74.8 Å². The number of methoxy groups -OCH3 is 1. The van der Waals surface area contributed by atoms with Crippen LogP contribution < -0.4 is 10.1 Å². The van der Waals surface area contributed by atoms with Crippen molar-refractivity contribution in [2.45, 2.75) is 59.0 Å². The Labute approximate surface area is 170 Å². The molecule has 0 saturated heterocycles. The molecule has 1 aliphatic carbocycles. The van der Waals surface area contributed by atoms with Crippen LogP contribution in [-0.2, 0) is 22.4 Å². The van der Waals surface area contributed by atoms with Gasteiger partial charge in [-0.2, -0.15) is 0 Å². The summed E-state index contributed by atoms with van der Waals surface area (Å²) in [4.78, 5) is 26.4. The highest BCUT2D eigenvalue weighted by molar-refractivity contribution is 7.17. The first kappa shape index (κ1) is 20.4. The van der Waals surface area contributed by atoms with Gasteiger partial charge in [0.2, 0.25) is 0 Å². The first-order valence-electron chi connectivity index (χ1n) is 9.72. The van der Waals surface area contributed by atoms with E-state index in [0.717, 1.165) is 36.8 Å².